The molecule has 0 aliphatic rings. The Hall–Kier alpha value is -0.428. The van der Waals surface area contributed by atoms with E-state index < -0.39 is 0 Å². The van der Waals surface area contributed by atoms with E-state index in [4.69, 9.17) is 9.68 Å². The summed E-state index contributed by atoms with van der Waals surface area (Å²) >= 11 is 0. The van der Waals surface area contributed by atoms with E-state index in [-0.39, 0.29) is 26.5 Å². The number of hydrogen-bond acceptors (Lipinski definition) is 3. The van der Waals surface area contributed by atoms with E-state index >= 15 is 0 Å². The predicted octanol–water partition coefficient (Wildman–Crippen LogP) is -0.929. The first-order valence-corrected chi connectivity index (χ1v) is 2.57. The van der Waals surface area contributed by atoms with Gasteiger partial charge >= 0.3 is 26.5 Å². The van der Waals surface area contributed by atoms with Gasteiger partial charge in [0.05, 0.1) is 0 Å². The average Bonchev–Trinajstić information content (AvgIpc) is 1.91. The number of hydrogen-bond donors (Lipinski definition) is 1. The molecule has 48 valence electrons. The van der Waals surface area contributed by atoms with Crippen LogP contribution in [-0.2, 0) is 0 Å². The molecule has 0 fully saturated rings. The van der Waals surface area contributed by atoms with Gasteiger partial charge in [0.15, 0.2) is 0 Å². The first-order chi connectivity index (χ1) is 4.43. The van der Waals surface area contributed by atoms with Gasteiger partial charge in [-0.25, -0.2) is 0 Å². The standard InChI is InChI=1S/C5H6BNO2.Li.H/c8-6-9-5-1-3-7-4-2-5;;/h1-4,6,8H;;. The van der Waals surface area contributed by atoms with Crippen LogP contribution in [0, 0.1) is 0 Å². The van der Waals surface area contributed by atoms with Gasteiger partial charge < -0.3 is 9.68 Å². The third-order valence-corrected chi connectivity index (χ3v) is 0.881. The average molecular weight is 131 g/mol. The molecule has 3 nitrogen and oxygen atoms in total. The summed E-state index contributed by atoms with van der Waals surface area (Å²) in [5, 5.41) is 8.28. The molecule has 0 saturated heterocycles. The molecule has 0 amide bonds. The van der Waals surface area contributed by atoms with E-state index in [0.29, 0.717) is 5.75 Å². The molecule has 1 heterocycles. The van der Waals surface area contributed by atoms with Crippen LogP contribution in [0.2, 0.25) is 0 Å². The van der Waals surface area contributed by atoms with Gasteiger partial charge in [-0.15, -0.1) is 0 Å². The maximum absolute atomic E-state index is 8.28. The van der Waals surface area contributed by atoms with Crippen molar-refractivity contribution in [2.75, 3.05) is 0 Å². The van der Waals surface area contributed by atoms with Gasteiger partial charge in [-0.05, 0) is 12.1 Å². The van der Waals surface area contributed by atoms with Crippen molar-refractivity contribution < 1.29 is 9.68 Å². The number of aromatic nitrogens is 1. The third-order valence-electron chi connectivity index (χ3n) is 0.881. The summed E-state index contributed by atoms with van der Waals surface area (Å²) in [4.78, 5) is 3.77. The maximum atomic E-state index is 8.28. The molecule has 0 spiro atoms. The van der Waals surface area contributed by atoms with Gasteiger partial charge in [-0.3, -0.25) is 4.98 Å². The summed E-state index contributed by atoms with van der Waals surface area (Å²) in [7, 11) is -0.288. The quantitative estimate of drug-likeness (QED) is 0.527. The van der Waals surface area contributed by atoms with Crippen LogP contribution in [0.3, 0.4) is 0 Å². The van der Waals surface area contributed by atoms with Crippen molar-refractivity contribution in [2.24, 2.45) is 0 Å². The zero-order valence-corrected chi connectivity index (χ0v) is 4.82. The summed E-state index contributed by atoms with van der Waals surface area (Å²) < 4.78 is 4.72. The second-order valence-corrected chi connectivity index (χ2v) is 1.46. The molecule has 0 aromatic carbocycles. The van der Waals surface area contributed by atoms with Gasteiger partial charge in [0.1, 0.15) is 5.75 Å². The van der Waals surface area contributed by atoms with E-state index in [1.807, 2.05) is 0 Å². The van der Waals surface area contributed by atoms with Crippen molar-refractivity contribution >= 4 is 26.5 Å². The Bertz CT molecular complexity index is 173. The molecule has 0 saturated carbocycles. The molecule has 0 aliphatic carbocycles. The summed E-state index contributed by atoms with van der Waals surface area (Å²) in [6, 6.07) is 3.35. The Balaban J connectivity index is 0.000000810. The topological polar surface area (TPSA) is 42.4 Å². The van der Waals surface area contributed by atoms with Crippen molar-refractivity contribution in [3.8, 4) is 5.75 Å². The molecule has 0 bridgehead atoms. The van der Waals surface area contributed by atoms with Crippen molar-refractivity contribution in [1.29, 1.82) is 0 Å². The fraction of sp³-hybridized carbons (Fsp3) is 0. The molecule has 1 aromatic rings. The molecule has 1 rings (SSSR count). The van der Waals surface area contributed by atoms with Gasteiger partial charge in [0, 0.05) is 12.4 Å². The van der Waals surface area contributed by atoms with E-state index in [0.717, 1.165) is 0 Å². The Labute approximate surface area is 71.9 Å². The van der Waals surface area contributed by atoms with Crippen LogP contribution in [0.15, 0.2) is 24.5 Å². The Morgan fingerprint density at radius 1 is 1.40 bits per heavy atom. The molecular weight excluding hydrogens is 124 g/mol. The van der Waals surface area contributed by atoms with E-state index in [1.165, 1.54) is 0 Å². The first-order valence-electron chi connectivity index (χ1n) is 2.57. The molecule has 1 N–H and O–H groups in total. The second kappa shape index (κ2) is 5.36. The summed E-state index contributed by atoms with van der Waals surface area (Å²) in [6.45, 7) is 0. The minimum atomic E-state index is -0.288. The fourth-order valence-electron chi connectivity index (χ4n) is 0.509. The van der Waals surface area contributed by atoms with Crippen molar-refractivity contribution in [1.82, 2.24) is 4.98 Å². The van der Waals surface area contributed by atoms with Crippen LogP contribution in [0.25, 0.3) is 0 Å². The van der Waals surface area contributed by atoms with E-state index in [2.05, 4.69) is 4.98 Å². The fourth-order valence-corrected chi connectivity index (χ4v) is 0.509. The minimum absolute atomic E-state index is 0. The summed E-state index contributed by atoms with van der Waals surface area (Å²) in [5.74, 6) is 0.632. The van der Waals surface area contributed by atoms with Crippen LogP contribution in [0.4, 0.5) is 0 Å². The Morgan fingerprint density at radius 2 is 2.00 bits per heavy atom. The SMILES string of the molecule is OBOc1ccncc1.[LiH]. The molecule has 10 heavy (non-hydrogen) atoms. The van der Waals surface area contributed by atoms with Crippen molar-refractivity contribution in [3.63, 3.8) is 0 Å². The van der Waals surface area contributed by atoms with Crippen LogP contribution in [0.5, 0.6) is 5.75 Å². The Kier molecular flexibility index (Phi) is 5.14. The molecule has 0 aliphatic heterocycles. The first kappa shape index (κ1) is 9.57. The van der Waals surface area contributed by atoms with Crippen LogP contribution >= 0.6 is 0 Å². The number of nitrogens with zero attached hydrogens (tertiary/aromatic N) is 1. The van der Waals surface area contributed by atoms with Gasteiger partial charge in [0.25, 0.3) is 0 Å². The normalized spacial score (nSPS) is 7.70. The third kappa shape index (κ3) is 2.93. The summed E-state index contributed by atoms with van der Waals surface area (Å²) in [6.07, 6.45) is 3.20. The van der Waals surface area contributed by atoms with Crippen molar-refractivity contribution in [2.45, 2.75) is 0 Å². The van der Waals surface area contributed by atoms with Crippen LogP contribution < -0.4 is 4.65 Å². The molecular formula is C5H7BLiNO2. The molecule has 0 atom stereocenters. The summed E-state index contributed by atoms with van der Waals surface area (Å²) in [5.41, 5.74) is 0. The molecule has 5 heteroatoms. The molecule has 0 radical (unpaired) electrons. The van der Waals surface area contributed by atoms with Crippen LogP contribution in [-0.4, -0.2) is 36.6 Å². The second-order valence-electron chi connectivity index (χ2n) is 1.46. The molecule has 0 unspecified atom stereocenters. The zero-order chi connectivity index (χ0) is 6.53. The van der Waals surface area contributed by atoms with Gasteiger partial charge in [-0.1, -0.05) is 0 Å². The Morgan fingerprint density at radius 3 is 2.50 bits per heavy atom. The van der Waals surface area contributed by atoms with E-state index in [9.17, 15) is 0 Å². The molecule has 1 aromatic heterocycles. The predicted molar refractivity (Wildman–Crippen MR) is 41.4 cm³/mol. The number of rotatable bonds is 2. The zero-order valence-electron chi connectivity index (χ0n) is 4.82. The monoisotopic (exact) mass is 131 g/mol. The van der Waals surface area contributed by atoms with E-state index in [1.54, 1.807) is 24.5 Å². The van der Waals surface area contributed by atoms with Crippen molar-refractivity contribution in [3.05, 3.63) is 24.5 Å². The van der Waals surface area contributed by atoms with Gasteiger partial charge in [-0.2, -0.15) is 0 Å². The van der Waals surface area contributed by atoms with Gasteiger partial charge in [0.2, 0.25) is 0 Å². The van der Waals surface area contributed by atoms with Crippen LogP contribution in [0.1, 0.15) is 0 Å². The number of pyridine rings is 1.